The normalized spacial score (nSPS) is 16.1. The molecule has 9 heteroatoms. The van der Waals surface area contributed by atoms with Crippen molar-refractivity contribution in [2.75, 3.05) is 54.1 Å². The molecule has 1 aliphatic heterocycles. The van der Waals surface area contributed by atoms with E-state index in [-0.39, 0.29) is 6.04 Å². The fourth-order valence-corrected chi connectivity index (χ4v) is 3.68. The number of guanidine groups is 1. The number of nitrogens with zero attached hydrogens (tertiary/aromatic N) is 3. The molecule has 1 aromatic heterocycles. The molecule has 1 fully saturated rings. The molecule has 0 radical (unpaired) electrons. The third kappa shape index (κ3) is 6.14. The van der Waals surface area contributed by atoms with E-state index >= 15 is 0 Å². The first-order valence-electron chi connectivity index (χ1n) is 11.0. The van der Waals surface area contributed by atoms with Crippen LogP contribution in [0.4, 0.5) is 0 Å². The summed E-state index contributed by atoms with van der Waals surface area (Å²) in [5.74, 6) is 3.25. The lowest BCUT2D eigenvalue weighted by Crippen LogP contribution is -2.46. The zero-order valence-corrected chi connectivity index (χ0v) is 19.7. The van der Waals surface area contributed by atoms with E-state index in [1.165, 1.54) is 0 Å². The van der Waals surface area contributed by atoms with E-state index in [0.717, 1.165) is 54.8 Å². The van der Waals surface area contributed by atoms with E-state index in [4.69, 9.17) is 18.7 Å². The van der Waals surface area contributed by atoms with Crippen LogP contribution in [0.25, 0.3) is 0 Å². The van der Waals surface area contributed by atoms with Gasteiger partial charge in [-0.25, -0.2) is 0 Å². The van der Waals surface area contributed by atoms with Gasteiger partial charge in [0.15, 0.2) is 23.2 Å². The highest BCUT2D eigenvalue weighted by atomic mass is 16.5. The van der Waals surface area contributed by atoms with Crippen molar-refractivity contribution in [3.8, 4) is 11.5 Å². The molecular weight excluding hydrogens is 410 g/mol. The third-order valence-corrected chi connectivity index (χ3v) is 5.56. The van der Waals surface area contributed by atoms with Gasteiger partial charge in [0, 0.05) is 32.7 Å². The molecule has 32 heavy (non-hydrogen) atoms. The Balaban J connectivity index is 1.68. The number of ether oxygens (including phenoxy) is 3. The first-order valence-corrected chi connectivity index (χ1v) is 11.0. The summed E-state index contributed by atoms with van der Waals surface area (Å²) in [5, 5.41) is 10.9. The molecule has 176 valence electrons. The van der Waals surface area contributed by atoms with Crippen LogP contribution >= 0.6 is 0 Å². The largest absolute Gasteiger partial charge is 0.493 e. The number of morpholine rings is 1. The Morgan fingerprint density at radius 3 is 2.50 bits per heavy atom. The van der Waals surface area contributed by atoms with Crippen molar-refractivity contribution in [2.45, 2.75) is 32.4 Å². The molecule has 0 saturated carbocycles. The molecule has 2 aromatic rings. The Morgan fingerprint density at radius 1 is 1.12 bits per heavy atom. The highest BCUT2D eigenvalue weighted by molar-refractivity contribution is 5.79. The highest BCUT2D eigenvalue weighted by Crippen LogP contribution is 2.32. The number of aliphatic imine (C=N–C) groups is 1. The Morgan fingerprint density at radius 2 is 1.88 bits per heavy atom. The van der Waals surface area contributed by atoms with Crippen LogP contribution in [-0.4, -0.2) is 70.1 Å². The zero-order chi connectivity index (χ0) is 22.9. The van der Waals surface area contributed by atoms with E-state index in [2.05, 4.69) is 45.6 Å². The molecule has 0 aliphatic carbocycles. The third-order valence-electron chi connectivity index (χ3n) is 5.56. The summed E-state index contributed by atoms with van der Waals surface area (Å²) in [6.45, 7) is 8.54. The van der Waals surface area contributed by atoms with Gasteiger partial charge in [0.2, 0.25) is 0 Å². The Hall–Kier alpha value is -2.78. The maximum absolute atomic E-state index is 5.56. The fraction of sp³-hybridized carbons (Fsp3) is 0.565. The molecule has 0 spiro atoms. The fourth-order valence-electron chi connectivity index (χ4n) is 3.68. The van der Waals surface area contributed by atoms with Crippen LogP contribution in [0, 0.1) is 0 Å². The number of hydrogen-bond donors (Lipinski definition) is 2. The summed E-state index contributed by atoms with van der Waals surface area (Å²) in [6.07, 6.45) is 0. The van der Waals surface area contributed by atoms with Crippen LogP contribution in [0.2, 0.25) is 0 Å². The van der Waals surface area contributed by atoms with Gasteiger partial charge in [-0.1, -0.05) is 25.1 Å². The quantitative estimate of drug-likeness (QED) is 0.449. The Labute approximate surface area is 190 Å². The van der Waals surface area contributed by atoms with Gasteiger partial charge in [-0.2, -0.15) is 0 Å². The van der Waals surface area contributed by atoms with Crippen LogP contribution in [0.3, 0.4) is 0 Å². The molecule has 1 atom stereocenters. The predicted molar refractivity (Wildman–Crippen MR) is 123 cm³/mol. The van der Waals surface area contributed by atoms with Crippen LogP contribution in [0.15, 0.2) is 33.8 Å². The minimum absolute atomic E-state index is 0.120. The van der Waals surface area contributed by atoms with E-state index in [1.807, 2.05) is 18.2 Å². The van der Waals surface area contributed by atoms with Crippen LogP contribution in [0.1, 0.15) is 42.8 Å². The standard InChI is InChI=1S/C23H35N5O4/c1-16(2)19-13-18(32-27-19)14-25-23(24-3)26-15-20(28-8-10-31-11-9-28)17-6-7-21(29-4)22(12-17)30-5/h6-7,12-13,16,20H,8-11,14-15H2,1-5H3,(H2,24,25,26). The van der Waals surface area contributed by atoms with E-state index in [0.29, 0.717) is 25.0 Å². The van der Waals surface area contributed by atoms with Gasteiger partial charge in [-0.05, 0) is 23.6 Å². The first-order chi connectivity index (χ1) is 15.5. The van der Waals surface area contributed by atoms with Crippen LogP contribution in [-0.2, 0) is 11.3 Å². The summed E-state index contributed by atoms with van der Waals surface area (Å²) >= 11 is 0. The van der Waals surface area contributed by atoms with Crippen molar-refractivity contribution < 1.29 is 18.7 Å². The maximum Gasteiger partial charge on any atom is 0.191 e. The number of hydrogen-bond acceptors (Lipinski definition) is 7. The number of methoxy groups -OCH3 is 2. The van der Waals surface area contributed by atoms with Crippen molar-refractivity contribution in [2.24, 2.45) is 4.99 Å². The number of rotatable bonds is 9. The summed E-state index contributed by atoms with van der Waals surface area (Å²) in [7, 11) is 5.06. The molecular formula is C23H35N5O4. The Kier molecular flexibility index (Phi) is 8.75. The summed E-state index contributed by atoms with van der Waals surface area (Å²) in [5.41, 5.74) is 2.09. The highest BCUT2D eigenvalue weighted by Gasteiger charge is 2.24. The molecule has 9 nitrogen and oxygen atoms in total. The predicted octanol–water partition coefficient (Wildman–Crippen LogP) is 2.55. The first kappa shape index (κ1) is 23.9. The Bertz CT molecular complexity index is 877. The second-order valence-electron chi connectivity index (χ2n) is 7.96. The molecule has 0 amide bonds. The van der Waals surface area contributed by atoms with Gasteiger partial charge in [0.05, 0.1) is 45.7 Å². The van der Waals surface area contributed by atoms with E-state index in [1.54, 1.807) is 21.3 Å². The van der Waals surface area contributed by atoms with Crippen molar-refractivity contribution in [1.82, 2.24) is 20.7 Å². The molecule has 1 aromatic carbocycles. The van der Waals surface area contributed by atoms with Crippen molar-refractivity contribution in [1.29, 1.82) is 0 Å². The SMILES string of the molecule is CN=C(NCc1cc(C(C)C)no1)NCC(c1ccc(OC)c(OC)c1)N1CCOCC1. The summed E-state index contributed by atoms with van der Waals surface area (Å²) in [6, 6.07) is 8.17. The minimum atomic E-state index is 0.120. The van der Waals surface area contributed by atoms with Crippen molar-refractivity contribution in [3.05, 3.63) is 41.3 Å². The molecule has 1 unspecified atom stereocenters. The molecule has 2 N–H and O–H groups in total. The van der Waals surface area contributed by atoms with Crippen LogP contribution in [0.5, 0.6) is 11.5 Å². The zero-order valence-electron chi connectivity index (χ0n) is 19.7. The van der Waals surface area contributed by atoms with Gasteiger partial charge < -0.3 is 29.4 Å². The molecule has 3 rings (SSSR count). The second kappa shape index (κ2) is 11.7. The van der Waals surface area contributed by atoms with Gasteiger partial charge in [0.25, 0.3) is 0 Å². The molecule has 0 bridgehead atoms. The smallest absolute Gasteiger partial charge is 0.191 e. The van der Waals surface area contributed by atoms with Crippen molar-refractivity contribution >= 4 is 5.96 Å². The maximum atomic E-state index is 5.56. The van der Waals surface area contributed by atoms with Crippen LogP contribution < -0.4 is 20.1 Å². The molecule has 2 heterocycles. The lowest BCUT2D eigenvalue weighted by Gasteiger charge is -2.35. The summed E-state index contributed by atoms with van der Waals surface area (Å²) < 4.78 is 21.9. The van der Waals surface area contributed by atoms with Gasteiger partial charge in [-0.15, -0.1) is 0 Å². The number of nitrogens with one attached hydrogen (secondary N) is 2. The number of aromatic nitrogens is 1. The molecule has 1 saturated heterocycles. The minimum Gasteiger partial charge on any atom is -0.493 e. The van der Waals surface area contributed by atoms with E-state index < -0.39 is 0 Å². The lowest BCUT2D eigenvalue weighted by molar-refractivity contribution is 0.0169. The average Bonchev–Trinajstić information content (AvgIpc) is 3.31. The summed E-state index contributed by atoms with van der Waals surface area (Å²) in [4.78, 5) is 6.77. The van der Waals surface area contributed by atoms with E-state index in [9.17, 15) is 0 Å². The van der Waals surface area contributed by atoms with Crippen molar-refractivity contribution in [3.63, 3.8) is 0 Å². The van der Waals surface area contributed by atoms with Gasteiger partial charge >= 0.3 is 0 Å². The molecule has 1 aliphatic rings. The van der Waals surface area contributed by atoms with Gasteiger partial charge in [-0.3, -0.25) is 9.89 Å². The topological polar surface area (TPSA) is 93.4 Å². The average molecular weight is 446 g/mol. The lowest BCUT2D eigenvalue weighted by atomic mass is 10.0. The second-order valence-corrected chi connectivity index (χ2v) is 7.96. The monoisotopic (exact) mass is 445 g/mol. The van der Waals surface area contributed by atoms with Gasteiger partial charge in [0.1, 0.15) is 0 Å². The number of benzene rings is 1.